The van der Waals surface area contributed by atoms with E-state index in [4.69, 9.17) is 0 Å². The van der Waals surface area contributed by atoms with Crippen LogP contribution in [0.15, 0.2) is 0 Å². The van der Waals surface area contributed by atoms with Gasteiger partial charge in [-0.3, -0.25) is 4.79 Å². The Bertz CT molecular complexity index is 38.7. The van der Waals surface area contributed by atoms with Crippen molar-refractivity contribution in [1.29, 1.82) is 0 Å². The molecule has 0 spiro atoms. The molecule has 0 aromatic rings. The summed E-state index contributed by atoms with van der Waals surface area (Å²) in [4.78, 5) is 9.22. The first kappa shape index (κ1) is 16.6. The standard InChI is InChI=1S/C2H5NO.Li.H2O.H/c1-2(3)4;;;/h1H3,(H2,3,4);;1H2;/q;+1;;-1. The minimum absolute atomic E-state index is 0. The van der Waals surface area contributed by atoms with Crippen molar-refractivity contribution >= 4 is 5.91 Å². The second-order valence-corrected chi connectivity index (χ2v) is 0.611. The molecule has 0 aliphatic carbocycles. The number of hydrogen-bond acceptors (Lipinski definition) is 1. The van der Waals surface area contributed by atoms with Crippen LogP contribution in [0.2, 0.25) is 0 Å². The Kier molecular flexibility index (Phi) is 24.6. The van der Waals surface area contributed by atoms with Crippen molar-refractivity contribution in [3.05, 3.63) is 0 Å². The molecule has 0 aliphatic rings. The monoisotopic (exact) mass is 85.1 g/mol. The molecule has 0 aromatic carbocycles. The Morgan fingerprint density at radius 1 is 1.83 bits per heavy atom. The normalized spacial score (nSPS) is 4.17. The second-order valence-electron chi connectivity index (χ2n) is 0.611. The van der Waals surface area contributed by atoms with Crippen molar-refractivity contribution in [2.45, 2.75) is 6.92 Å². The third-order valence-electron chi connectivity index (χ3n) is 0. The Morgan fingerprint density at radius 2 is 1.83 bits per heavy atom. The SMILES string of the molecule is CC(N)=O.O.[H-].[Li+]. The third-order valence-corrected chi connectivity index (χ3v) is 0. The Labute approximate surface area is 49.9 Å². The average Bonchev–Trinajstić information content (AvgIpc) is 0.811. The Hall–Kier alpha value is 0.0274. The van der Waals surface area contributed by atoms with Gasteiger partial charge >= 0.3 is 18.9 Å². The molecule has 0 saturated carbocycles. The van der Waals surface area contributed by atoms with E-state index in [9.17, 15) is 4.79 Å². The predicted octanol–water partition coefficient (Wildman–Crippen LogP) is -4.22. The first-order chi connectivity index (χ1) is 1.73. The van der Waals surface area contributed by atoms with Gasteiger partial charge in [0.05, 0.1) is 0 Å². The molecular formula is C2H8LiNO2. The Morgan fingerprint density at radius 3 is 1.83 bits per heavy atom. The van der Waals surface area contributed by atoms with Gasteiger partial charge in [0.15, 0.2) is 0 Å². The van der Waals surface area contributed by atoms with E-state index in [0.717, 1.165) is 0 Å². The minimum atomic E-state index is -0.333. The summed E-state index contributed by atoms with van der Waals surface area (Å²) in [5.74, 6) is -0.333. The van der Waals surface area contributed by atoms with Crippen LogP contribution >= 0.6 is 0 Å². The minimum Gasteiger partial charge on any atom is -1.00 e. The van der Waals surface area contributed by atoms with Gasteiger partial charge in [-0.25, -0.2) is 0 Å². The van der Waals surface area contributed by atoms with Gasteiger partial charge in [0, 0.05) is 6.92 Å². The van der Waals surface area contributed by atoms with Crippen LogP contribution in [0.25, 0.3) is 0 Å². The van der Waals surface area contributed by atoms with Gasteiger partial charge in [0.25, 0.3) is 0 Å². The van der Waals surface area contributed by atoms with Gasteiger partial charge in [-0.1, -0.05) is 0 Å². The van der Waals surface area contributed by atoms with Crippen molar-refractivity contribution < 1.29 is 30.6 Å². The maximum atomic E-state index is 9.22. The molecule has 34 valence electrons. The van der Waals surface area contributed by atoms with E-state index in [1.165, 1.54) is 6.92 Å². The molecule has 4 N–H and O–H groups in total. The van der Waals surface area contributed by atoms with Gasteiger partial charge in [-0.15, -0.1) is 0 Å². The third kappa shape index (κ3) is 49200. The smallest absolute Gasteiger partial charge is 1.00 e. The molecule has 0 saturated heterocycles. The van der Waals surface area contributed by atoms with Crippen LogP contribution in [-0.2, 0) is 4.79 Å². The number of nitrogens with two attached hydrogens (primary N) is 1. The molecule has 0 bridgehead atoms. The summed E-state index contributed by atoms with van der Waals surface area (Å²) < 4.78 is 0. The maximum Gasteiger partial charge on any atom is 1.00 e. The van der Waals surface area contributed by atoms with Gasteiger partial charge in [0.1, 0.15) is 0 Å². The van der Waals surface area contributed by atoms with E-state index in [-0.39, 0.29) is 31.7 Å². The summed E-state index contributed by atoms with van der Waals surface area (Å²) in [5, 5.41) is 0. The van der Waals surface area contributed by atoms with Gasteiger partial charge in [-0.05, 0) is 0 Å². The first-order valence-electron chi connectivity index (χ1n) is 0.993. The fourth-order valence-corrected chi connectivity index (χ4v) is 0. The summed E-state index contributed by atoms with van der Waals surface area (Å²) in [7, 11) is 0. The molecule has 0 rings (SSSR count). The summed E-state index contributed by atoms with van der Waals surface area (Å²) in [6.07, 6.45) is 0. The average molecular weight is 85.0 g/mol. The molecule has 0 atom stereocenters. The number of rotatable bonds is 0. The molecule has 0 fully saturated rings. The van der Waals surface area contributed by atoms with Crippen LogP contribution in [0.3, 0.4) is 0 Å². The van der Waals surface area contributed by atoms with E-state index in [0.29, 0.717) is 0 Å². The number of carbonyl (C=O) groups excluding carboxylic acids is 1. The van der Waals surface area contributed by atoms with E-state index in [2.05, 4.69) is 5.73 Å². The van der Waals surface area contributed by atoms with Gasteiger partial charge in [-0.2, -0.15) is 0 Å². The summed E-state index contributed by atoms with van der Waals surface area (Å²) >= 11 is 0. The van der Waals surface area contributed by atoms with Crippen LogP contribution in [-0.4, -0.2) is 11.4 Å². The number of carbonyl (C=O) groups is 1. The molecule has 0 aromatic heterocycles. The fourth-order valence-electron chi connectivity index (χ4n) is 0. The van der Waals surface area contributed by atoms with Crippen molar-refractivity contribution in [1.82, 2.24) is 0 Å². The van der Waals surface area contributed by atoms with E-state index in [1.54, 1.807) is 0 Å². The van der Waals surface area contributed by atoms with Crippen molar-refractivity contribution in [3.8, 4) is 0 Å². The molecule has 0 unspecified atom stereocenters. The van der Waals surface area contributed by atoms with Crippen LogP contribution in [0.1, 0.15) is 8.35 Å². The van der Waals surface area contributed by atoms with Crippen molar-refractivity contribution in [2.24, 2.45) is 5.73 Å². The van der Waals surface area contributed by atoms with Crippen molar-refractivity contribution in [2.75, 3.05) is 0 Å². The first-order valence-corrected chi connectivity index (χ1v) is 0.993. The summed E-state index contributed by atoms with van der Waals surface area (Å²) in [6.45, 7) is 1.31. The molecule has 1 amide bonds. The van der Waals surface area contributed by atoms with E-state index < -0.39 is 0 Å². The van der Waals surface area contributed by atoms with Gasteiger partial charge in [0.2, 0.25) is 5.91 Å². The summed E-state index contributed by atoms with van der Waals surface area (Å²) in [5.41, 5.74) is 4.47. The molecule has 6 heavy (non-hydrogen) atoms. The zero-order valence-electron chi connectivity index (χ0n) is 4.99. The van der Waals surface area contributed by atoms with Crippen molar-refractivity contribution in [3.63, 3.8) is 0 Å². The Balaban J connectivity index is -0.0000000150. The van der Waals surface area contributed by atoms with Crippen LogP contribution < -0.4 is 24.6 Å². The number of hydrogen-bond donors (Lipinski definition) is 1. The number of amides is 1. The molecule has 3 nitrogen and oxygen atoms in total. The molecule has 4 heteroatoms. The molecule has 0 radical (unpaired) electrons. The fraction of sp³-hybridized carbons (Fsp3) is 0.500. The quantitative estimate of drug-likeness (QED) is 0.297. The molecular weight excluding hydrogens is 77.0 g/mol. The van der Waals surface area contributed by atoms with Crippen LogP contribution in [0.4, 0.5) is 0 Å². The molecule has 0 heterocycles. The van der Waals surface area contributed by atoms with Gasteiger partial charge < -0.3 is 12.6 Å². The second kappa shape index (κ2) is 8.90. The van der Waals surface area contributed by atoms with E-state index in [1.807, 2.05) is 0 Å². The summed E-state index contributed by atoms with van der Waals surface area (Å²) in [6, 6.07) is 0. The largest absolute Gasteiger partial charge is 1.00 e. The topological polar surface area (TPSA) is 74.6 Å². The maximum absolute atomic E-state index is 9.22. The molecule has 0 aliphatic heterocycles. The zero-order valence-corrected chi connectivity index (χ0v) is 3.99. The zero-order chi connectivity index (χ0) is 3.58. The number of primary amides is 1. The van der Waals surface area contributed by atoms with Crippen LogP contribution in [0, 0.1) is 0 Å². The van der Waals surface area contributed by atoms with E-state index >= 15 is 0 Å². The van der Waals surface area contributed by atoms with Crippen LogP contribution in [0.5, 0.6) is 0 Å². The predicted molar refractivity (Wildman–Crippen MR) is 19.6 cm³/mol.